The highest BCUT2D eigenvalue weighted by Gasteiger charge is 2.51. The first-order chi connectivity index (χ1) is 8.94. The first-order valence-corrected chi connectivity index (χ1v) is 8.19. The quantitative estimate of drug-likeness (QED) is 0.840. The summed E-state index contributed by atoms with van der Waals surface area (Å²) in [7, 11) is -3.03. The highest BCUT2D eigenvalue weighted by Crippen LogP contribution is 2.39. The zero-order valence-corrected chi connectivity index (χ0v) is 11.8. The Hall–Kier alpha value is -1.27. The second kappa shape index (κ2) is 4.11. The Morgan fingerprint density at radius 1 is 1.37 bits per heavy atom. The third kappa shape index (κ3) is 1.99. The van der Waals surface area contributed by atoms with Gasteiger partial charge in [0.25, 0.3) is 0 Å². The minimum Gasteiger partial charge on any atom is -0.369 e. The predicted octanol–water partition coefficient (Wildman–Crippen LogP) is 1.03. The average molecular weight is 300 g/mol. The molecule has 2 N–H and O–H groups in total. The van der Waals surface area contributed by atoms with Gasteiger partial charge in [-0.05, 0) is 18.6 Å². The SMILES string of the molecule is NC1=NCC2(CCS(=O)(=O)C2)N1c1ccccc1Cl. The standard InChI is InChI=1S/C12H14ClN3O2S/c13-9-3-1-2-4-10(9)16-11(14)15-7-12(16)5-6-19(17,18)8-12/h1-4H,5-8H2,(H2,14,15). The van der Waals surface area contributed by atoms with Gasteiger partial charge in [-0.2, -0.15) is 0 Å². The van der Waals surface area contributed by atoms with Crippen molar-refractivity contribution < 1.29 is 8.42 Å². The maximum Gasteiger partial charge on any atom is 0.196 e. The molecule has 7 heteroatoms. The molecule has 3 rings (SSSR count). The maximum absolute atomic E-state index is 11.8. The topological polar surface area (TPSA) is 75.8 Å². The van der Waals surface area contributed by atoms with E-state index in [1.54, 1.807) is 11.0 Å². The summed E-state index contributed by atoms with van der Waals surface area (Å²) in [6.45, 7) is 0.406. The van der Waals surface area contributed by atoms with Gasteiger partial charge in [0.05, 0.1) is 34.3 Å². The molecule has 1 aromatic rings. The van der Waals surface area contributed by atoms with Gasteiger partial charge in [0.15, 0.2) is 15.8 Å². The molecule has 2 heterocycles. The van der Waals surface area contributed by atoms with Crippen LogP contribution in [0.4, 0.5) is 5.69 Å². The number of nitrogens with two attached hydrogens (primary N) is 1. The number of guanidine groups is 1. The number of aliphatic imine (C=N–C) groups is 1. The van der Waals surface area contributed by atoms with E-state index in [1.165, 1.54) is 0 Å². The summed E-state index contributed by atoms with van der Waals surface area (Å²) in [5, 5.41) is 0.547. The lowest BCUT2D eigenvalue weighted by atomic mass is 9.97. The van der Waals surface area contributed by atoms with E-state index in [9.17, 15) is 8.42 Å². The smallest absolute Gasteiger partial charge is 0.196 e. The predicted molar refractivity (Wildman–Crippen MR) is 76.4 cm³/mol. The van der Waals surface area contributed by atoms with Crippen LogP contribution in [0, 0.1) is 0 Å². The highest BCUT2D eigenvalue weighted by molar-refractivity contribution is 7.91. The van der Waals surface area contributed by atoms with Gasteiger partial charge in [-0.3, -0.25) is 4.99 Å². The Bertz CT molecular complexity index is 659. The molecule has 1 saturated heterocycles. The lowest BCUT2D eigenvalue weighted by Crippen LogP contribution is -2.53. The number of sulfone groups is 1. The van der Waals surface area contributed by atoms with Crippen molar-refractivity contribution in [2.24, 2.45) is 10.7 Å². The largest absolute Gasteiger partial charge is 0.369 e. The zero-order valence-electron chi connectivity index (χ0n) is 10.2. The molecule has 1 unspecified atom stereocenters. The van der Waals surface area contributed by atoms with Gasteiger partial charge in [-0.15, -0.1) is 0 Å². The minimum absolute atomic E-state index is 0.0788. The molecule has 1 spiro atoms. The number of rotatable bonds is 1. The zero-order chi connectivity index (χ0) is 13.7. The van der Waals surface area contributed by atoms with Crippen LogP contribution in [-0.2, 0) is 9.84 Å². The van der Waals surface area contributed by atoms with Crippen LogP contribution in [0.1, 0.15) is 6.42 Å². The maximum atomic E-state index is 11.8. The summed E-state index contributed by atoms with van der Waals surface area (Å²) in [6, 6.07) is 7.28. The average Bonchev–Trinajstić information content (AvgIpc) is 2.82. The summed E-state index contributed by atoms with van der Waals surface area (Å²) in [5.41, 5.74) is 6.11. The van der Waals surface area contributed by atoms with E-state index in [0.717, 1.165) is 5.69 Å². The van der Waals surface area contributed by atoms with Gasteiger partial charge in [0, 0.05) is 0 Å². The van der Waals surface area contributed by atoms with Crippen LogP contribution in [0.3, 0.4) is 0 Å². The van der Waals surface area contributed by atoms with E-state index in [0.29, 0.717) is 23.9 Å². The molecule has 0 aliphatic carbocycles. The highest BCUT2D eigenvalue weighted by atomic mass is 35.5. The molecule has 1 aromatic carbocycles. The van der Waals surface area contributed by atoms with Crippen molar-refractivity contribution in [2.45, 2.75) is 12.0 Å². The summed E-state index contributed by atoms with van der Waals surface area (Å²) in [5.74, 6) is 0.594. The molecule has 0 radical (unpaired) electrons. The number of halogens is 1. The van der Waals surface area contributed by atoms with E-state index in [2.05, 4.69) is 4.99 Å². The van der Waals surface area contributed by atoms with Crippen molar-refractivity contribution in [3.63, 3.8) is 0 Å². The van der Waals surface area contributed by atoms with Crippen LogP contribution in [0.5, 0.6) is 0 Å². The van der Waals surface area contributed by atoms with Crippen molar-refractivity contribution in [3.05, 3.63) is 29.3 Å². The van der Waals surface area contributed by atoms with Crippen LogP contribution >= 0.6 is 11.6 Å². The Morgan fingerprint density at radius 2 is 2.11 bits per heavy atom. The van der Waals surface area contributed by atoms with Crippen LogP contribution in [0.15, 0.2) is 29.3 Å². The van der Waals surface area contributed by atoms with Gasteiger partial charge in [-0.25, -0.2) is 8.42 Å². The fraction of sp³-hybridized carbons (Fsp3) is 0.417. The van der Waals surface area contributed by atoms with Crippen molar-refractivity contribution in [2.75, 3.05) is 23.0 Å². The summed E-state index contributed by atoms with van der Waals surface area (Å²) < 4.78 is 23.6. The number of hydrogen-bond donors (Lipinski definition) is 1. The summed E-state index contributed by atoms with van der Waals surface area (Å²) >= 11 is 6.20. The number of benzene rings is 1. The van der Waals surface area contributed by atoms with E-state index in [4.69, 9.17) is 17.3 Å². The Labute approximate surface area is 117 Å². The normalized spacial score (nSPS) is 28.9. The molecule has 1 atom stereocenters. The lowest BCUT2D eigenvalue weighted by Gasteiger charge is -2.35. The molecule has 0 saturated carbocycles. The number of nitrogens with zero attached hydrogens (tertiary/aromatic N) is 2. The van der Waals surface area contributed by atoms with Crippen molar-refractivity contribution in [3.8, 4) is 0 Å². The van der Waals surface area contributed by atoms with E-state index >= 15 is 0 Å². The molecule has 102 valence electrons. The molecule has 2 aliphatic rings. The van der Waals surface area contributed by atoms with Crippen molar-refractivity contribution >= 4 is 33.1 Å². The first-order valence-electron chi connectivity index (χ1n) is 5.99. The molecule has 2 aliphatic heterocycles. The molecule has 0 bridgehead atoms. The van der Waals surface area contributed by atoms with E-state index < -0.39 is 15.4 Å². The fourth-order valence-corrected chi connectivity index (χ4v) is 5.06. The van der Waals surface area contributed by atoms with Gasteiger partial charge in [0.1, 0.15) is 0 Å². The second-order valence-corrected chi connectivity index (χ2v) is 7.62. The Balaban J connectivity index is 2.08. The van der Waals surface area contributed by atoms with E-state index in [-0.39, 0.29) is 11.5 Å². The number of hydrogen-bond acceptors (Lipinski definition) is 5. The van der Waals surface area contributed by atoms with Crippen LogP contribution in [0.25, 0.3) is 0 Å². The molecular weight excluding hydrogens is 286 g/mol. The van der Waals surface area contributed by atoms with E-state index in [1.807, 2.05) is 18.2 Å². The third-order valence-corrected chi connectivity index (χ3v) is 5.82. The number of para-hydroxylation sites is 1. The molecule has 5 nitrogen and oxygen atoms in total. The third-order valence-electron chi connectivity index (χ3n) is 3.70. The van der Waals surface area contributed by atoms with Crippen LogP contribution in [-0.4, -0.2) is 38.0 Å². The fourth-order valence-electron chi connectivity index (χ4n) is 2.82. The van der Waals surface area contributed by atoms with Crippen LogP contribution < -0.4 is 10.6 Å². The number of anilines is 1. The molecule has 0 amide bonds. The van der Waals surface area contributed by atoms with Gasteiger partial charge in [0.2, 0.25) is 0 Å². The second-order valence-electron chi connectivity index (χ2n) is 5.03. The Kier molecular flexibility index (Phi) is 2.76. The summed E-state index contributed by atoms with van der Waals surface area (Å²) in [6.07, 6.45) is 0.532. The monoisotopic (exact) mass is 299 g/mol. The molecule has 0 aromatic heterocycles. The van der Waals surface area contributed by atoms with Crippen LogP contribution in [0.2, 0.25) is 5.02 Å². The van der Waals surface area contributed by atoms with Gasteiger partial charge < -0.3 is 10.6 Å². The van der Waals surface area contributed by atoms with Gasteiger partial charge in [-0.1, -0.05) is 23.7 Å². The lowest BCUT2D eigenvalue weighted by molar-refractivity contribution is 0.513. The Morgan fingerprint density at radius 3 is 2.74 bits per heavy atom. The molecule has 19 heavy (non-hydrogen) atoms. The molecular formula is C12H14ClN3O2S. The minimum atomic E-state index is -3.03. The first kappa shape index (κ1) is 12.7. The van der Waals surface area contributed by atoms with Crippen molar-refractivity contribution in [1.29, 1.82) is 0 Å². The van der Waals surface area contributed by atoms with Gasteiger partial charge >= 0.3 is 0 Å². The van der Waals surface area contributed by atoms with Crippen molar-refractivity contribution in [1.82, 2.24) is 0 Å². The molecule has 1 fully saturated rings. The summed E-state index contributed by atoms with van der Waals surface area (Å²) in [4.78, 5) is 6.02.